The van der Waals surface area contributed by atoms with E-state index in [2.05, 4.69) is 15.5 Å². The topological polar surface area (TPSA) is 29.5 Å². The first kappa shape index (κ1) is 15.0. The number of carbonyl (C=O) groups is 1. The van der Waals surface area contributed by atoms with Crippen molar-refractivity contribution < 1.29 is 9.53 Å². The fraction of sp³-hybridized carbons (Fsp3) is 0.500. The van der Waals surface area contributed by atoms with Crippen LogP contribution in [0.25, 0.3) is 0 Å². The Morgan fingerprint density at radius 1 is 1.44 bits per heavy atom. The van der Waals surface area contributed by atoms with E-state index >= 15 is 0 Å². The van der Waals surface area contributed by atoms with Gasteiger partial charge in [-0.1, -0.05) is 32.0 Å². The SMILES string of the molecule is CC.CCOC(=O)C1CCc2ccccc2N1P. The molecule has 0 fully saturated rings. The standard InChI is InChI=1S/C12H16NO2P.C2H6/c1-2-15-12(14)11-8-7-9-5-3-4-6-10(9)13(11)16;1-2/h3-6,11H,2,7-8,16H2,1H3;1-2H3. The number of hydrogen-bond acceptors (Lipinski definition) is 3. The fourth-order valence-corrected chi connectivity index (χ4v) is 2.57. The number of anilines is 1. The van der Waals surface area contributed by atoms with Crippen molar-refractivity contribution in [3.63, 3.8) is 0 Å². The molecule has 0 aliphatic carbocycles. The first-order valence-corrected chi connectivity index (χ1v) is 7.04. The van der Waals surface area contributed by atoms with Gasteiger partial charge in [0, 0.05) is 5.69 Å². The van der Waals surface area contributed by atoms with Gasteiger partial charge in [-0.05, 0) is 40.8 Å². The summed E-state index contributed by atoms with van der Waals surface area (Å²) in [6.07, 6.45) is 1.75. The van der Waals surface area contributed by atoms with E-state index in [0.717, 1.165) is 18.5 Å². The van der Waals surface area contributed by atoms with Crippen molar-refractivity contribution in [2.24, 2.45) is 0 Å². The molecule has 0 spiro atoms. The van der Waals surface area contributed by atoms with E-state index in [0.29, 0.717) is 6.61 Å². The van der Waals surface area contributed by atoms with Crippen molar-refractivity contribution in [2.75, 3.05) is 11.3 Å². The van der Waals surface area contributed by atoms with Crippen LogP contribution < -0.4 is 4.67 Å². The van der Waals surface area contributed by atoms with Crippen LogP contribution in [0.15, 0.2) is 24.3 Å². The third-order valence-corrected chi connectivity index (χ3v) is 3.49. The monoisotopic (exact) mass is 267 g/mol. The number of aryl methyl sites for hydroxylation is 1. The summed E-state index contributed by atoms with van der Waals surface area (Å²) in [7, 11) is 2.62. The summed E-state index contributed by atoms with van der Waals surface area (Å²) in [6, 6.07) is 7.99. The number of esters is 1. The van der Waals surface area contributed by atoms with Crippen LogP contribution in [0.2, 0.25) is 0 Å². The van der Waals surface area contributed by atoms with E-state index in [-0.39, 0.29) is 12.0 Å². The Kier molecular flexibility index (Phi) is 6.14. The van der Waals surface area contributed by atoms with Crippen LogP contribution in [0.4, 0.5) is 5.69 Å². The molecule has 1 heterocycles. The molecule has 0 saturated heterocycles. The highest BCUT2D eigenvalue weighted by molar-refractivity contribution is 7.19. The van der Waals surface area contributed by atoms with Crippen molar-refractivity contribution in [3.05, 3.63) is 29.8 Å². The van der Waals surface area contributed by atoms with Gasteiger partial charge in [0.15, 0.2) is 0 Å². The third-order valence-electron chi connectivity index (χ3n) is 2.85. The molecule has 0 saturated carbocycles. The minimum atomic E-state index is -0.167. The lowest BCUT2D eigenvalue weighted by Gasteiger charge is -2.33. The number of fused-ring (bicyclic) bond motifs is 1. The minimum Gasteiger partial charge on any atom is -0.464 e. The summed E-state index contributed by atoms with van der Waals surface area (Å²) in [4.78, 5) is 11.7. The van der Waals surface area contributed by atoms with Crippen LogP contribution in [0.3, 0.4) is 0 Å². The van der Waals surface area contributed by atoms with Gasteiger partial charge in [-0.25, -0.2) is 4.79 Å². The van der Waals surface area contributed by atoms with E-state index in [9.17, 15) is 4.79 Å². The number of rotatable bonds is 2. The Bertz CT molecular complexity index is 395. The molecule has 1 aliphatic rings. The Labute approximate surface area is 112 Å². The lowest BCUT2D eigenvalue weighted by molar-refractivity contribution is -0.144. The van der Waals surface area contributed by atoms with Crippen molar-refractivity contribution >= 4 is 21.0 Å². The Balaban J connectivity index is 0.000000771. The maximum Gasteiger partial charge on any atom is 0.329 e. The minimum absolute atomic E-state index is 0.132. The van der Waals surface area contributed by atoms with E-state index in [1.54, 1.807) is 0 Å². The molecular formula is C14H22NO2P. The van der Waals surface area contributed by atoms with Crippen LogP contribution in [0, 0.1) is 0 Å². The van der Waals surface area contributed by atoms with Crippen LogP contribution in [-0.2, 0) is 16.0 Å². The van der Waals surface area contributed by atoms with Gasteiger partial charge in [-0.15, -0.1) is 0 Å². The number of benzene rings is 1. The van der Waals surface area contributed by atoms with Gasteiger partial charge < -0.3 is 9.41 Å². The molecule has 2 unspecified atom stereocenters. The Morgan fingerprint density at radius 3 is 2.78 bits per heavy atom. The lowest BCUT2D eigenvalue weighted by Crippen LogP contribution is -2.39. The summed E-state index contributed by atoms with van der Waals surface area (Å²) >= 11 is 0. The van der Waals surface area contributed by atoms with Gasteiger partial charge in [0.25, 0.3) is 0 Å². The maximum absolute atomic E-state index is 11.7. The van der Waals surface area contributed by atoms with Crippen LogP contribution in [0.1, 0.15) is 32.8 Å². The first-order chi connectivity index (χ1) is 8.74. The fourth-order valence-electron chi connectivity index (χ4n) is 2.04. The van der Waals surface area contributed by atoms with Gasteiger partial charge in [-0.3, -0.25) is 0 Å². The molecule has 18 heavy (non-hydrogen) atoms. The molecule has 0 amide bonds. The summed E-state index contributed by atoms with van der Waals surface area (Å²) in [6.45, 7) is 6.28. The predicted octanol–water partition coefficient (Wildman–Crippen LogP) is 3.19. The summed E-state index contributed by atoms with van der Waals surface area (Å²) in [5.41, 5.74) is 2.40. The van der Waals surface area contributed by atoms with Crippen molar-refractivity contribution in [1.29, 1.82) is 0 Å². The van der Waals surface area contributed by atoms with Crippen LogP contribution >= 0.6 is 9.39 Å². The van der Waals surface area contributed by atoms with Crippen LogP contribution in [0.5, 0.6) is 0 Å². The second-order valence-electron chi connectivity index (χ2n) is 3.84. The molecule has 0 aromatic heterocycles. The molecule has 100 valence electrons. The highest BCUT2D eigenvalue weighted by atomic mass is 31.0. The predicted molar refractivity (Wildman–Crippen MR) is 78.7 cm³/mol. The molecule has 2 rings (SSSR count). The molecule has 4 heteroatoms. The number of carbonyl (C=O) groups excluding carboxylic acids is 1. The van der Waals surface area contributed by atoms with Crippen LogP contribution in [-0.4, -0.2) is 18.6 Å². The second-order valence-corrected chi connectivity index (χ2v) is 4.40. The van der Waals surface area contributed by atoms with E-state index < -0.39 is 0 Å². The molecule has 0 N–H and O–H groups in total. The zero-order valence-electron chi connectivity index (χ0n) is 11.3. The third kappa shape index (κ3) is 3.23. The zero-order chi connectivity index (χ0) is 13.5. The highest BCUT2D eigenvalue weighted by Gasteiger charge is 2.29. The normalized spacial score (nSPS) is 17.3. The van der Waals surface area contributed by atoms with Gasteiger partial charge in [0.2, 0.25) is 0 Å². The van der Waals surface area contributed by atoms with Crippen molar-refractivity contribution in [1.82, 2.24) is 0 Å². The summed E-state index contributed by atoms with van der Waals surface area (Å²) in [5, 5.41) is 0. The lowest BCUT2D eigenvalue weighted by atomic mass is 9.98. The van der Waals surface area contributed by atoms with E-state index in [1.807, 2.05) is 43.6 Å². The molecule has 2 atom stereocenters. The van der Waals surface area contributed by atoms with Gasteiger partial charge in [-0.2, -0.15) is 0 Å². The second kappa shape index (κ2) is 7.38. The van der Waals surface area contributed by atoms with Gasteiger partial charge >= 0.3 is 5.97 Å². The summed E-state index contributed by atoms with van der Waals surface area (Å²) < 4.78 is 7.01. The first-order valence-electron chi connectivity index (χ1n) is 6.52. The zero-order valence-corrected chi connectivity index (χ0v) is 12.5. The van der Waals surface area contributed by atoms with E-state index in [4.69, 9.17) is 4.74 Å². The number of para-hydroxylation sites is 1. The molecule has 1 aliphatic heterocycles. The molecule has 1 aromatic carbocycles. The van der Waals surface area contributed by atoms with Crippen molar-refractivity contribution in [2.45, 2.75) is 39.7 Å². The molecular weight excluding hydrogens is 245 g/mol. The summed E-state index contributed by atoms with van der Waals surface area (Å²) in [5.74, 6) is -0.132. The maximum atomic E-state index is 11.7. The van der Waals surface area contributed by atoms with Gasteiger partial charge in [0.1, 0.15) is 6.04 Å². The van der Waals surface area contributed by atoms with Crippen molar-refractivity contribution in [3.8, 4) is 0 Å². The average molecular weight is 267 g/mol. The Morgan fingerprint density at radius 2 is 2.11 bits per heavy atom. The quantitative estimate of drug-likeness (QED) is 0.609. The smallest absolute Gasteiger partial charge is 0.329 e. The molecule has 0 radical (unpaired) electrons. The van der Waals surface area contributed by atoms with E-state index in [1.165, 1.54) is 5.56 Å². The average Bonchev–Trinajstić information content (AvgIpc) is 2.42. The Hall–Kier alpha value is -1.08. The van der Waals surface area contributed by atoms with Gasteiger partial charge in [0.05, 0.1) is 6.61 Å². The number of hydrogen-bond donors (Lipinski definition) is 0. The molecule has 1 aromatic rings. The largest absolute Gasteiger partial charge is 0.464 e. The number of nitrogens with zero attached hydrogens (tertiary/aromatic N) is 1. The molecule has 3 nitrogen and oxygen atoms in total. The molecule has 0 bridgehead atoms. The number of ether oxygens (including phenoxy) is 1. The highest BCUT2D eigenvalue weighted by Crippen LogP contribution is 2.33.